The van der Waals surface area contributed by atoms with Crippen molar-refractivity contribution in [2.75, 3.05) is 5.73 Å². The number of hydrogen-bond acceptors (Lipinski definition) is 3. The molecule has 2 N–H and O–H groups in total. The van der Waals surface area contributed by atoms with Gasteiger partial charge in [-0.1, -0.05) is 12.1 Å². The van der Waals surface area contributed by atoms with Gasteiger partial charge in [-0.25, -0.2) is 4.68 Å². The Bertz CT molecular complexity index is 575. The van der Waals surface area contributed by atoms with Gasteiger partial charge >= 0.3 is 0 Å². The van der Waals surface area contributed by atoms with Crippen LogP contribution in [-0.4, -0.2) is 9.78 Å². The molecular weight excluding hydrogens is 200 g/mol. The van der Waals surface area contributed by atoms with Crippen molar-refractivity contribution in [2.24, 2.45) is 0 Å². The van der Waals surface area contributed by atoms with Crippen molar-refractivity contribution in [3.63, 3.8) is 0 Å². The van der Waals surface area contributed by atoms with E-state index in [2.05, 4.69) is 5.10 Å². The fourth-order valence-electron chi connectivity index (χ4n) is 1.60. The lowest BCUT2D eigenvalue weighted by Gasteiger charge is -2.09. The average molecular weight is 212 g/mol. The van der Waals surface area contributed by atoms with Crippen molar-refractivity contribution in [1.82, 2.24) is 9.78 Å². The summed E-state index contributed by atoms with van der Waals surface area (Å²) >= 11 is 0. The van der Waals surface area contributed by atoms with Crippen molar-refractivity contribution >= 4 is 5.82 Å². The molecule has 0 aliphatic rings. The number of aryl methyl sites for hydroxylation is 1. The molecule has 0 atom stereocenters. The molecule has 2 aromatic rings. The summed E-state index contributed by atoms with van der Waals surface area (Å²) in [6.45, 7) is 4.04. The second-order valence-electron chi connectivity index (χ2n) is 3.69. The molecule has 2 rings (SSSR count). The monoisotopic (exact) mass is 212 g/mol. The van der Waals surface area contributed by atoms with E-state index in [0.717, 1.165) is 11.3 Å². The Hall–Kier alpha value is -2.28. The largest absolute Gasteiger partial charge is 0.382 e. The molecule has 0 aliphatic heterocycles. The Morgan fingerprint density at radius 2 is 2.12 bits per heavy atom. The van der Waals surface area contributed by atoms with Gasteiger partial charge in [0, 0.05) is 0 Å². The van der Waals surface area contributed by atoms with Crippen molar-refractivity contribution in [3.05, 3.63) is 41.1 Å². The minimum atomic E-state index is 0.385. The van der Waals surface area contributed by atoms with Crippen LogP contribution in [-0.2, 0) is 0 Å². The normalized spacial score (nSPS) is 10.1. The molecule has 4 nitrogen and oxygen atoms in total. The van der Waals surface area contributed by atoms with Crippen LogP contribution >= 0.6 is 0 Å². The first-order chi connectivity index (χ1) is 7.65. The number of nitrogen functional groups attached to an aromatic ring is 1. The first-order valence-corrected chi connectivity index (χ1v) is 4.95. The van der Waals surface area contributed by atoms with Gasteiger partial charge in [0.1, 0.15) is 17.5 Å². The summed E-state index contributed by atoms with van der Waals surface area (Å²) in [5.41, 5.74) is 9.45. The summed E-state index contributed by atoms with van der Waals surface area (Å²) in [7, 11) is 0. The molecule has 0 spiro atoms. The molecule has 80 valence electrons. The Balaban J connectivity index is 2.64. The zero-order valence-corrected chi connectivity index (χ0v) is 9.23. The van der Waals surface area contributed by atoms with E-state index in [1.54, 1.807) is 4.68 Å². The summed E-state index contributed by atoms with van der Waals surface area (Å²) in [6, 6.07) is 7.93. The second-order valence-corrected chi connectivity index (χ2v) is 3.69. The Kier molecular flexibility index (Phi) is 2.37. The van der Waals surface area contributed by atoms with Crippen molar-refractivity contribution in [1.29, 1.82) is 5.26 Å². The van der Waals surface area contributed by atoms with Crippen LogP contribution in [0, 0.1) is 25.2 Å². The van der Waals surface area contributed by atoms with Gasteiger partial charge in [-0.15, -0.1) is 0 Å². The van der Waals surface area contributed by atoms with Gasteiger partial charge in [0.05, 0.1) is 11.9 Å². The lowest BCUT2D eigenvalue weighted by molar-refractivity contribution is 0.881. The van der Waals surface area contributed by atoms with Crippen LogP contribution in [0.15, 0.2) is 24.4 Å². The fraction of sp³-hybridized carbons (Fsp3) is 0.167. The molecule has 16 heavy (non-hydrogen) atoms. The zero-order valence-electron chi connectivity index (χ0n) is 9.23. The molecule has 0 radical (unpaired) electrons. The van der Waals surface area contributed by atoms with E-state index in [1.165, 1.54) is 11.8 Å². The third-order valence-corrected chi connectivity index (χ3v) is 2.73. The van der Waals surface area contributed by atoms with Gasteiger partial charge in [0.15, 0.2) is 0 Å². The number of anilines is 1. The predicted molar refractivity (Wildman–Crippen MR) is 62.2 cm³/mol. The molecule has 0 aliphatic carbocycles. The molecule has 0 saturated heterocycles. The van der Waals surface area contributed by atoms with Crippen molar-refractivity contribution in [3.8, 4) is 11.8 Å². The molecule has 0 saturated carbocycles. The van der Waals surface area contributed by atoms with E-state index in [4.69, 9.17) is 11.0 Å². The highest BCUT2D eigenvalue weighted by Gasteiger charge is 2.10. The van der Waals surface area contributed by atoms with Gasteiger partial charge < -0.3 is 5.73 Å². The predicted octanol–water partition coefficient (Wildman–Crippen LogP) is 1.94. The Morgan fingerprint density at radius 3 is 2.75 bits per heavy atom. The van der Waals surface area contributed by atoms with Crippen LogP contribution in [0.1, 0.15) is 16.7 Å². The molecule has 0 fully saturated rings. The van der Waals surface area contributed by atoms with Gasteiger partial charge in [0.2, 0.25) is 0 Å². The zero-order chi connectivity index (χ0) is 11.7. The van der Waals surface area contributed by atoms with Gasteiger partial charge in [-0.2, -0.15) is 10.4 Å². The van der Waals surface area contributed by atoms with E-state index in [-0.39, 0.29) is 0 Å². The first-order valence-electron chi connectivity index (χ1n) is 4.95. The molecule has 0 unspecified atom stereocenters. The van der Waals surface area contributed by atoms with Gasteiger partial charge in [-0.05, 0) is 31.0 Å². The van der Waals surface area contributed by atoms with Gasteiger partial charge in [0.25, 0.3) is 0 Å². The lowest BCUT2D eigenvalue weighted by atomic mass is 10.1. The number of nitrogens with two attached hydrogens (primary N) is 1. The highest BCUT2D eigenvalue weighted by Crippen LogP contribution is 2.21. The summed E-state index contributed by atoms with van der Waals surface area (Å²) in [5.74, 6) is 0.385. The van der Waals surface area contributed by atoms with Crippen LogP contribution in [0.4, 0.5) is 5.82 Å². The van der Waals surface area contributed by atoms with Crippen LogP contribution in [0.2, 0.25) is 0 Å². The third kappa shape index (κ3) is 1.43. The molecule has 0 amide bonds. The number of hydrogen-bond donors (Lipinski definition) is 1. The van der Waals surface area contributed by atoms with E-state index < -0.39 is 0 Å². The van der Waals surface area contributed by atoms with E-state index in [9.17, 15) is 0 Å². The topological polar surface area (TPSA) is 67.6 Å². The summed E-state index contributed by atoms with van der Waals surface area (Å²) in [5, 5.41) is 12.9. The lowest BCUT2D eigenvalue weighted by Crippen LogP contribution is -2.04. The molecule has 1 aromatic heterocycles. The molecule has 0 bridgehead atoms. The standard InChI is InChI=1S/C12H12N4/c1-8-4-3-5-11(9(8)2)16-12(14)10(6-13)7-15-16/h3-5,7H,14H2,1-2H3. The smallest absolute Gasteiger partial charge is 0.145 e. The number of aromatic nitrogens is 2. The number of benzene rings is 1. The minimum absolute atomic E-state index is 0.385. The van der Waals surface area contributed by atoms with Crippen LogP contribution in [0.25, 0.3) is 5.69 Å². The number of nitrogens with zero attached hydrogens (tertiary/aromatic N) is 3. The number of nitriles is 1. The summed E-state index contributed by atoms with van der Waals surface area (Å²) in [6.07, 6.45) is 1.48. The fourth-order valence-corrected chi connectivity index (χ4v) is 1.60. The molecule has 1 heterocycles. The summed E-state index contributed by atoms with van der Waals surface area (Å²) < 4.78 is 1.60. The number of rotatable bonds is 1. The second kappa shape index (κ2) is 3.70. The van der Waals surface area contributed by atoms with Crippen molar-refractivity contribution < 1.29 is 0 Å². The molecular formula is C12H12N4. The van der Waals surface area contributed by atoms with E-state index in [1.807, 2.05) is 38.1 Å². The highest BCUT2D eigenvalue weighted by molar-refractivity contribution is 5.55. The van der Waals surface area contributed by atoms with Crippen LogP contribution in [0.5, 0.6) is 0 Å². The quantitative estimate of drug-likeness (QED) is 0.785. The van der Waals surface area contributed by atoms with Crippen molar-refractivity contribution in [2.45, 2.75) is 13.8 Å². The average Bonchev–Trinajstić information content (AvgIpc) is 2.64. The Morgan fingerprint density at radius 1 is 1.38 bits per heavy atom. The first kappa shape index (κ1) is 10.2. The van der Waals surface area contributed by atoms with E-state index >= 15 is 0 Å². The SMILES string of the molecule is Cc1cccc(-n2ncc(C#N)c2N)c1C. The maximum Gasteiger partial charge on any atom is 0.145 e. The third-order valence-electron chi connectivity index (χ3n) is 2.73. The maximum atomic E-state index is 8.82. The minimum Gasteiger partial charge on any atom is -0.382 e. The highest BCUT2D eigenvalue weighted by atomic mass is 15.3. The van der Waals surface area contributed by atoms with Gasteiger partial charge in [-0.3, -0.25) is 0 Å². The Labute approximate surface area is 93.9 Å². The summed E-state index contributed by atoms with van der Waals surface area (Å²) in [4.78, 5) is 0. The molecule has 4 heteroatoms. The van der Waals surface area contributed by atoms with Crippen LogP contribution < -0.4 is 5.73 Å². The van der Waals surface area contributed by atoms with E-state index in [0.29, 0.717) is 11.4 Å². The molecule has 1 aromatic carbocycles. The van der Waals surface area contributed by atoms with Crippen LogP contribution in [0.3, 0.4) is 0 Å². The maximum absolute atomic E-state index is 8.82.